The van der Waals surface area contributed by atoms with Gasteiger partial charge in [0.15, 0.2) is 0 Å². The van der Waals surface area contributed by atoms with Crippen LogP contribution >= 0.6 is 11.3 Å². The first-order valence-electron chi connectivity index (χ1n) is 11.1. The van der Waals surface area contributed by atoms with E-state index in [0.717, 1.165) is 15.1 Å². The van der Waals surface area contributed by atoms with E-state index in [2.05, 4.69) is 22.2 Å². The fourth-order valence-electron chi connectivity index (χ4n) is 3.81. The average Bonchev–Trinajstić information content (AvgIpc) is 3.28. The third-order valence-corrected chi connectivity index (χ3v) is 6.49. The minimum absolute atomic E-state index is 0.271. The largest absolute Gasteiger partial charge is 0.438 e. The predicted octanol–water partition coefficient (Wildman–Crippen LogP) is 5.93. The number of carbonyl (C=O) groups excluding carboxylic acids is 1. The summed E-state index contributed by atoms with van der Waals surface area (Å²) in [7, 11) is 0. The van der Waals surface area contributed by atoms with Gasteiger partial charge in [-0.2, -0.15) is 0 Å². The fourth-order valence-corrected chi connectivity index (χ4v) is 4.78. The van der Waals surface area contributed by atoms with Crippen molar-refractivity contribution in [1.29, 1.82) is 0 Å². The van der Waals surface area contributed by atoms with Crippen LogP contribution in [0, 0.1) is 5.82 Å². The van der Waals surface area contributed by atoms with Crippen molar-refractivity contribution in [3.05, 3.63) is 79.3 Å². The van der Waals surface area contributed by atoms with Crippen molar-refractivity contribution in [2.24, 2.45) is 0 Å². The number of rotatable bonds is 7. The Morgan fingerprint density at radius 1 is 1.14 bits per heavy atom. The molecule has 35 heavy (non-hydrogen) atoms. The highest BCUT2D eigenvalue weighted by Gasteiger charge is 2.16. The third kappa shape index (κ3) is 5.26. The minimum atomic E-state index is -0.301. The second-order valence-corrected chi connectivity index (χ2v) is 8.94. The van der Waals surface area contributed by atoms with Gasteiger partial charge in [-0.15, -0.1) is 11.3 Å². The van der Waals surface area contributed by atoms with E-state index in [4.69, 9.17) is 9.47 Å². The smallest absolute Gasteiger partial charge is 0.247 e. The maximum absolute atomic E-state index is 14.8. The van der Waals surface area contributed by atoms with Gasteiger partial charge in [-0.25, -0.2) is 9.37 Å². The van der Waals surface area contributed by atoms with Crippen LogP contribution in [0.2, 0.25) is 0 Å². The number of anilines is 4. The summed E-state index contributed by atoms with van der Waals surface area (Å²) >= 11 is 1.52. The molecule has 1 saturated heterocycles. The molecule has 0 saturated carbocycles. The van der Waals surface area contributed by atoms with E-state index in [0.29, 0.717) is 55.0 Å². The fraction of sp³-hybridized carbons (Fsp3) is 0.154. The number of nitrogens with one attached hydrogen (secondary N) is 2. The topological polar surface area (TPSA) is 75.7 Å². The Morgan fingerprint density at radius 3 is 2.80 bits per heavy atom. The number of hydrogen-bond acceptors (Lipinski definition) is 7. The van der Waals surface area contributed by atoms with Crippen molar-refractivity contribution in [2.45, 2.75) is 0 Å². The molecule has 0 spiro atoms. The number of carbonyl (C=O) groups is 1. The van der Waals surface area contributed by atoms with Gasteiger partial charge in [-0.1, -0.05) is 12.6 Å². The number of aromatic nitrogens is 1. The molecule has 3 heterocycles. The number of morpholine rings is 1. The molecule has 0 aliphatic carbocycles. The van der Waals surface area contributed by atoms with Gasteiger partial charge >= 0.3 is 0 Å². The number of nitrogens with zero attached hydrogens (tertiary/aromatic N) is 2. The minimum Gasteiger partial charge on any atom is -0.438 e. The van der Waals surface area contributed by atoms with Gasteiger partial charge < -0.3 is 25.0 Å². The average molecular weight is 491 g/mol. The lowest BCUT2D eigenvalue weighted by molar-refractivity contribution is -0.111. The maximum Gasteiger partial charge on any atom is 0.247 e. The number of ether oxygens (including phenoxy) is 2. The number of halogens is 1. The zero-order chi connectivity index (χ0) is 24.2. The quantitative estimate of drug-likeness (QED) is 0.313. The second kappa shape index (κ2) is 10.1. The lowest BCUT2D eigenvalue weighted by Gasteiger charge is -2.29. The first-order valence-corrected chi connectivity index (χ1v) is 11.9. The van der Waals surface area contributed by atoms with Crippen molar-refractivity contribution in [3.8, 4) is 11.6 Å². The van der Waals surface area contributed by atoms with Gasteiger partial charge in [0.25, 0.3) is 0 Å². The van der Waals surface area contributed by atoms with Crippen molar-refractivity contribution in [3.63, 3.8) is 0 Å². The molecule has 7 nitrogen and oxygen atoms in total. The molecular formula is C26H23FN4O3S. The van der Waals surface area contributed by atoms with Crippen molar-refractivity contribution < 1.29 is 18.7 Å². The van der Waals surface area contributed by atoms with Gasteiger partial charge in [-0.3, -0.25) is 4.79 Å². The Balaban J connectivity index is 1.35. The Labute approximate surface area is 205 Å². The zero-order valence-corrected chi connectivity index (χ0v) is 19.6. The van der Waals surface area contributed by atoms with Crippen LogP contribution < -0.4 is 20.3 Å². The van der Waals surface area contributed by atoms with E-state index in [1.165, 1.54) is 23.5 Å². The summed E-state index contributed by atoms with van der Waals surface area (Å²) in [5.74, 6) is 0.402. The molecule has 1 aliphatic rings. The van der Waals surface area contributed by atoms with Gasteiger partial charge in [-0.05, 0) is 48.5 Å². The Bertz CT molecular complexity index is 1380. The van der Waals surface area contributed by atoms with Crippen LogP contribution in [0.3, 0.4) is 0 Å². The lowest BCUT2D eigenvalue weighted by atomic mass is 10.2. The number of benzene rings is 2. The Kier molecular flexibility index (Phi) is 6.60. The number of pyridine rings is 1. The van der Waals surface area contributed by atoms with E-state index < -0.39 is 0 Å². The van der Waals surface area contributed by atoms with Crippen molar-refractivity contribution in [1.82, 2.24) is 4.98 Å². The summed E-state index contributed by atoms with van der Waals surface area (Å²) in [6, 6.07) is 16.1. The molecule has 0 atom stereocenters. The highest BCUT2D eigenvalue weighted by atomic mass is 32.1. The van der Waals surface area contributed by atoms with Crippen LogP contribution in [0.15, 0.2) is 73.4 Å². The van der Waals surface area contributed by atoms with Crippen LogP contribution in [0.4, 0.5) is 26.5 Å². The van der Waals surface area contributed by atoms with Crippen molar-refractivity contribution >= 4 is 49.4 Å². The van der Waals surface area contributed by atoms with Crippen LogP contribution in [0.5, 0.6) is 11.6 Å². The highest BCUT2D eigenvalue weighted by Crippen LogP contribution is 2.38. The molecule has 1 amide bonds. The van der Waals surface area contributed by atoms with E-state index in [-0.39, 0.29) is 11.7 Å². The SMILES string of the molecule is C=CC(=O)Nc1cccc(Oc2nccc3sc(Nc4ccc(N5CCOCC5)c(F)c4)cc23)c1. The molecule has 1 fully saturated rings. The van der Waals surface area contributed by atoms with Crippen LogP contribution in [-0.2, 0) is 9.53 Å². The number of amides is 1. The molecule has 178 valence electrons. The Morgan fingerprint density at radius 2 is 2.00 bits per heavy atom. The standard InChI is InChI=1S/C26H23FN4O3S/c1-2-24(32)29-17-4-3-5-19(14-17)34-26-20-16-25(35-23(20)8-9-28-26)30-18-6-7-22(21(27)15-18)31-10-12-33-13-11-31/h2-9,14-16,30H,1,10-13H2,(H,29,32). The molecule has 5 rings (SSSR count). The predicted molar refractivity (Wildman–Crippen MR) is 138 cm³/mol. The molecule has 2 aromatic carbocycles. The summed E-state index contributed by atoms with van der Waals surface area (Å²) in [5.41, 5.74) is 1.84. The van der Waals surface area contributed by atoms with E-state index in [1.54, 1.807) is 36.5 Å². The summed E-state index contributed by atoms with van der Waals surface area (Å²) in [6.07, 6.45) is 2.88. The summed E-state index contributed by atoms with van der Waals surface area (Å²) in [5, 5.41) is 7.66. The first kappa shape index (κ1) is 22.8. The molecule has 4 aromatic rings. The van der Waals surface area contributed by atoms with Crippen LogP contribution in [0.1, 0.15) is 0 Å². The molecule has 0 unspecified atom stereocenters. The number of fused-ring (bicyclic) bond motifs is 1. The monoisotopic (exact) mass is 490 g/mol. The van der Waals surface area contributed by atoms with Gasteiger partial charge in [0.05, 0.1) is 29.3 Å². The number of hydrogen-bond donors (Lipinski definition) is 2. The molecule has 2 aromatic heterocycles. The van der Waals surface area contributed by atoms with Gasteiger partial charge in [0, 0.05) is 41.4 Å². The summed E-state index contributed by atoms with van der Waals surface area (Å²) in [6.45, 7) is 6.03. The third-order valence-electron chi connectivity index (χ3n) is 5.48. The van der Waals surface area contributed by atoms with Crippen LogP contribution in [-0.4, -0.2) is 37.2 Å². The summed E-state index contributed by atoms with van der Waals surface area (Å²) in [4.78, 5) is 18.0. The van der Waals surface area contributed by atoms with Crippen molar-refractivity contribution in [2.75, 3.05) is 41.8 Å². The molecule has 2 N–H and O–H groups in total. The highest BCUT2D eigenvalue weighted by molar-refractivity contribution is 7.22. The first-order chi connectivity index (χ1) is 17.1. The molecule has 9 heteroatoms. The molecule has 0 radical (unpaired) electrons. The van der Waals surface area contributed by atoms with E-state index in [1.807, 2.05) is 23.1 Å². The lowest BCUT2D eigenvalue weighted by Crippen LogP contribution is -2.36. The summed E-state index contributed by atoms with van der Waals surface area (Å²) < 4.78 is 27.2. The molecule has 0 bridgehead atoms. The van der Waals surface area contributed by atoms with Gasteiger partial charge in [0.1, 0.15) is 11.6 Å². The van der Waals surface area contributed by atoms with E-state index >= 15 is 0 Å². The Hall–Kier alpha value is -3.95. The molecular weight excluding hydrogens is 467 g/mol. The van der Waals surface area contributed by atoms with Gasteiger partial charge in [0.2, 0.25) is 11.8 Å². The number of thiophene rings is 1. The zero-order valence-electron chi connectivity index (χ0n) is 18.8. The molecule has 1 aliphatic heterocycles. The van der Waals surface area contributed by atoms with E-state index in [9.17, 15) is 9.18 Å². The maximum atomic E-state index is 14.8. The van der Waals surface area contributed by atoms with Crippen LogP contribution in [0.25, 0.3) is 10.1 Å². The normalized spacial score (nSPS) is 13.5. The second-order valence-electron chi connectivity index (χ2n) is 7.85.